The molecule has 2 heterocycles. The highest BCUT2D eigenvalue weighted by molar-refractivity contribution is 5.97. The van der Waals surface area contributed by atoms with E-state index in [0.29, 0.717) is 11.3 Å². The lowest BCUT2D eigenvalue weighted by Crippen LogP contribution is -2.46. The van der Waals surface area contributed by atoms with Crippen LogP contribution in [0, 0.1) is 0 Å². The number of hydrogen-bond acceptors (Lipinski definition) is 3. The predicted octanol–water partition coefficient (Wildman–Crippen LogP) is 3.71. The largest absolute Gasteiger partial charge is 0.371 e. The van der Waals surface area contributed by atoms with Gasteiger partial charge in [0.15, 0.2) is 0 Å². The number of rotatable bonds is 4. The Kier molecular flexibility index (Phi) is 5.98. The molecule has 2 fully saturated rings. The van der Waals surface area contributed by atoms with Gasteiger partial charge in [-0.2, -0.15) is 0 Å². The van der Waals surface area contributed by atoms with Crippen LogP contribution in [0.2, 0.25) is 0 Å². The number of anilines is 2. The van der Waals surface area contributed by atoms with Gasteiger partial charge in [0.25, 0.3) is 5.91 Å². The van der Waals surface area contributed by atoms with Crippen LogP contribution in [0.5, 0.6) is 0 Å². The lowest BCUT2D eigenvalue weighted by molar-refractivity contribution is 0.0793. The van der Waals surface area contributed by atoms with Crippen molar-refractivity contribution in [1.29, 1.82) is 0 Å². The summed E-state index contributed by atoms with van der Waals surface area (Å²) in [4.78, 5) is 29.2. The van der Waals surface area contributed by atoms with Gasteiger partial charge in [0.05, 0.1) is 0 Å². The summed E-state index contributed by atoms with van der Waals surface area (Å²) in [6, 6.07) is 17.5. The second-order valence-electron chi connectivity index (χ2n) is 7.78. The molecule has 2 aliphatic heterocycles. The zero-order valence-corrected chi connectivity index (χ0v) is 16.6. The van der Waals surface area contributed by atoms with Gasteiger partial charge in [-0.05, 0) is 56.0 Å². The summed E-state index contributed by atoms with van der Waals surface area (Å²) >= 11 is 0. The van der Waals surface area contributed by atoms with Crippen LogP contribution < -0.4 is 15.5 Å². The summed E-state index contributed by atoms with van der Waals surface area (Å²) in [6.45, 7) is 3.49. The van der Waals surface area contributed by atoms with E-state index in [1.807, 2.05) is 29.2 Å². The summed E-state index contributed by atoms with van der Waals surface area (Å²) in [5.74, 6) is 0.0415. The molecule has 152 valence electrons. The highest BCUT2D eigenvalue weighted by Gasteiger charge is 2.22. The van der Waals surface area contributed by atoms with Crippen LogP contribution in [0.1, 0.15) is 36.0 Å². The SMILES string of the molecule is O=C(Nc1cccc(C(=O)N2CCCC2)c1)NC1CCN(c2ccccc2)CC1. The molecule has 0 atom stereocenters. The first-order valence-electron chi connectivity index (χ1n) is 10.5. The Labute approximate surface area is 171 Å². The molecule has 6 nitrogen and oxygen atoms in total. The second kappa shape index (κ2) is 8.99. The summed E-state index contributed by atoms with van der Waals surface area (Å²) in [7, 11) is 0. The van der Waals surface area contributed by atoms with Gasteiger partial charge in [-0.15, -0.1) is 0 Å². The first kappa shape index (κ1) is 19.3. The van der Waals surface area contributed by atoms with Crippen LogP contribution in [0.15, 0.2) is 54.6 Å². The monoisotopic (exact) mass is 392 g/mol. The number of para-hydroxylation sites is 1. The number of hydrogen-bond donors (Lipinski definition) is 2. The van der Waals surface area contributed by atoms with Crippen molar-refractivity contribution >= 4 is 23.3 Å². The molecule has 2 N–H and O–H groups in total. The highest BCUT2D eigenvalue weighted by atomic mass is 16.2. The maximum absolute atomic E-state index is 12.5. The third kappa shape index (κ3) is 4.88. The number of nitrogens with one attached hydrogen (secondary N) is 2. The Bertz CT molecular complexity index is 841. The molecule has 0 bridgehead atoms. The van der Waals surface area contributed by atoms with E-state index >= 15 is 0 Å². The van der Waals surface area contributed by atoms with E-state index in [1.54, 1.807) is 6.07 Å². The van der Waals surface area contributed by atoms with E-state index < -0.39 is 0 Å². The molecule has 4 rings (SSSR count). The van der Waals surface area contributed by atoms with Gasteiger partial charge in [-0.25, -0.2) is 4.79 Å². The minimum absolute atomic E-state index is 0.0415. The van der Waals surface area contributed by atoms with Crippen molar-refractivity contribution < 1.29 is 9.59 Å². The molecule has 0 aliphatic carbocycles. The zero-order valence-electron chi connectivity index (χ0n) is 16.6. The van der Waals surface area contributed by atoms with E-state index in [1.165, 1.54) is 5.69 Å². The van der Waals surface area contributed by atoms with Crippen molar-refractivity contribution in [2.45, 2.75) is 31.7 Å². The number of carbonyl (C=O) groups is 2. The number of urea groups is 1. The Balaban J connectivity index is 1.28. The number of benzene rings is 2. The van der Waals surface area contributed by atoms with Crippen molar-refractivity contribution in [3.05, 3.63) is 60.2 Å². The second-order valence-corrected chi connectivity index (χ2v) is 7.78. The van der Waals surface area contributed by atoms with Crippen molar-refractivity contribution in [3.8, 4) is 0 Å². The average molecular weight is 393 g/mol. The first-order chi connectivity index (χ1) is 14.2. The van der Waals surface area contributed by atoms with Gasteiger partial charge in [-0.1, -0.05) is 24.3 Å². The van der Waals surface area contributed by atoms with Gasteiger partial charge >= 0.3 is 6.03 Å². The van der Waals surface area contributed by atoms with Crippen LogP contribution in [-0.2, 0) is 0 Å². The number of amides is 3. The molecule has 0 saturated carbocycles. The van der Waals surface area contributed by atoms with Crippen molar-refractivity contribution in [1.82, 2.24) is 10.2 Å². The van der Waals surface area contributed by atoms with Crippen LogP contribution in [-0.4, -0.2) is 49.1 Å². The lowest BCUT2D eigenvalue weighted by Gasteiger charge is -2.34. The summed E-state index contributed by atoms with van der Waals surface area (Å²) in [5, 5.41) is 5.95. The van der Waals surface area contributed by atoms with Gasteiger partial charge < -0.3 is 20.4 Å². The predicted molar refractivity (Wildman–Crippen MR) is 115 cm³/mol. The molecule has 2 aromatic carbocycles. The Morgan fingerprint density at radius 2 is 1.59 bits per heavy atom. The van der Waals surface area contributed by atoms with E-state index in [4.69, 9.17) is 0 Å². The van der Waals surface area contributed by atoms with Crippen molar-refractivity contribution in [3.63, 3.8) is 0 Å². The van der Waals surface area contributed by atoms with Crippen LogP contribution in [0.25, 0.3) is 0 Å². The normalized spacial score (nSPS) is 17.2. The van der Waals surface area contributed by atoms with Crippen LogP contribution >= 0.6 is 0 Å². The molecule has 0 spiro atoms. The molecular weight excluding hydrogens is 364 g/mol. The molecule has 2 aliphatic rings. The minimum Gasteiger partial charge on any atom is -0.371 e. The molecule has 3 amide bonds. The quantitative estimate of drug-likeness (QED) is 0.834. The standard InChI is InChI=1S/C23H28N4O2/c28-22(27-13-4-5-14-27)18-7-6-8-20(17-18)25-23(29)24-19-11-15-26(16-12-19)21-9-2-1-3-10-21/h1-3,6-10,17,19H,4-5,11-16H2,(H2,24,25,29). The molecule has 2 aromatic rings. The van der Waals surface area contributed by atoms with Gasteiger partial charge in [0, 0.05) is 49.2 Å². The third-order valence-corrected chi connectivity index (χ3v) is 5.71. The molecular formula is C23H28N4O2. The lowest BCUT2D eigenvalue weighted by atomic mass is 10.0. The van der Waals surface area contributed by atoms with Crippen LogP contribution in [0.3, 0.4) is 0 Å². The Hall–Kier alpha value is -3.02. The zero-order chi connectivity index (χ0) is 20.1. The van der Waals surface area contributed by atoms with Crippen molar-refractivity contribution in [2.75, 3.05) is 36.4 Å². The van der Waals surface area contributed by atoms with Gasteiger partial charge in [-0.3, -0.25) is 4.79 Å². The smallest absolute Gasteiger partial charge is 0.319 e. The number of likely N-dealkylation sites (tertiary alicyclic amines) is 1. The van der Waals surface area contributed by atoms with Crippen molar-refractivity contribution in [2.24, 2.45) is 0 Å². The topological polar surface area (TPSA) is 64.7 Å². The molecule has 6 heteroatoms. The highest BCUT2D eigenvalue weighted by Crippen LogP contribution is 2.20. The molecule has 0 aromatic heterocycles. The third-order valence-electron chi connectivity index (χ3n) is 5.71. The Morgan fingerprint density at radius 3 is 2.31 bits per heavy atom. The molecule has 2 saturated heterocycles. The van der Waals surface area contributed by atoms with Gasteiger partial charge in [0.2, 0.25) is 0 Å². The number of nitrogens with zero attached hydrogens (tertiary/aromatic N) is 2. The number of carbonyl (C=O) groups excluding carboxylic acids is 2. The fourth-order valence-corrected chi connectivity index (χ4v) is 4.11. The van der Waals surface area contributed by atoms with E-state index in [2.05, 4.69) is 39.8 Å². The van der Waals surface area contributed by atoms with Gasteiger partial charge in [0.1, 0.15) is 0 Å². The average Bonchev–Trinajstić information content (AvgIpc) is 3.29. The van der Waals surface area contributed by atoms with Crippen LogP contribution in [0.4, 0.5) is 16.2 Å². The van der Waals surface area contributed by atoms with E-state index in [0.717, 1.165) is 51.9 Å². The minimum atomic E-state index is -0.214. The molecule has 0 radical (unpaired) electrons. The summed E-state index contributed by atoms with van der Waals surface area (Å²) in [5.41, 5.74) is 2.50. The maximum atomic E-state index is 12.5. The van der Waals surface area contributed by atoms with E-state index in [9.17, 15) is 9.59 Å². The summed E-state index contributed by atoms with van der Waals surface area (Å²) < 4.78 is 0. The summed E-state index contributed by atoms with van der Waals surface area (Å²) in [6.07, 6.45) is 3.95. The Morgan fingerprint density at radius 1 is 0.862 bits per heavy atom. The van der Waals surface area contributed by atoms with E-state index in [-0.39, 0.29) is 18.0 Å². The fraction of sp³-hybridized carbons (Fsp3) is 0.391. The first-order valence-corrected chi connectivity index (χ1v) is 10.5. The number of piperidine rings is 1. The molecule has 0 unspecified atom stereocenters. The molecule has 29 heavy (non-hydrogen) atoms. The fourth-order valence-electron chi connectivity index (χ4n) is 4.11. The maximum Gasteiger partial charge on any atom is 0.319 e.